The SMILES string of the molecule is Cn1c([C@H]2CCS(=O)(=O)C2)nn(CN2CCC(CN3C(=O)c4ccccc4C3=O)CC2)c1=S. The number of sulfone groups is 1. The van der Waals surface area contributed by atoms with Crippen LogP contribution in [0.25, 0.3) is 0 Å². The molecule has 0 unspecified atom stereocenters. The Balaban J connectivity index is 1.19. The summed E-state index contributed by atoms with van der Waals surface area (Å²) in [6.45, 7) is 2.63. The molecular weight excluding hydrogens is 462 g/mol. The molecule has 2 fully saturated rings. The van der Waals surface area contributed by atoms with Gasteiger partial charge in [-0.25, -0.2) is 13.1 Å². The molecule has 0 saturated carbocycles. The zero-order chi connectivity index (χ0) is 23.3. The Bertz CT molecular complexity index is 1240. The van der Waals surface area contributed by atoms with Crippen LogP contribution in [0.3, 0.4) is 0 Å². The molecule has 2 amide bonds. The molecule has 9 nitrogen and oxygen atoms in total. The second-order valence-electron chi connectivity index (χ2n) is 9.27. The minimum atomic E-state index is -2.99. The van der Waals surface area contributed by atoms with E-state index in [1.165, 1.54) is 4.90 Å². The van der Waals surface area contributed by atoms with Gasteiger partial charge in [0.05, 0.1) is 29.3 Å². The molecule has 2 aromatic rings. The number of carbonyl (C=O) groups excluding carboxylic acids is 2. The molecule has 3 aliphatic heterocycles. The minimum absolute atomic E-state index is 0.103. The quantitative estimate of drug-likeness (QED) is 0.467. The molecule has 176 valence electrons. The molecule has 4 heterocycles. The molecule has 1 aromatic heterocycles. The van der Waals surface area contributed by atoms with Gasteiger partial charge >= 0.3 is 0 Å². The number of carbonyl (C=O) groups is 2. The number of rotatable bonds is 5. The summed E-state index contributed by atoms with van der Waals surface area (Å²) in [5, 5.41) is 4.67. The highest BCUT2D eigenvalue weighted by molar-refractivity contribution is 7.91. The van der Waals surface area contributed by atoms with Crippen LogP contribution in [0.5, 0.6) is 0 Å². The maximum Gasteiger partial charge on any atom is 0.261 e. The number of piperidine rings is 1. The third-order valence-electron chi connectivity index (χ3n) is 7.03. The lowest BCUT2D eigenvalue weighted by molar-refractivity contribution is 0.0585. The Morgan fingerprint density at radius 1 is 1.06 bits per heavy atom. The molecule has 1 aromatic carbocycles. The number of aromatic nitrogens is 3. The molecule has 2 saturated heterocycles. The van der Waals surface area contributed by atoms with Crippen molar-refractivity contribution in [2.24, 2.45) is 13.0 Å². The van der Waals surface area contributed by atoms with Crippen molar-refractivity contribution in [2.75, 3.05) is 31.1 Å². The fourth-order valence-electron chi connectivity index (χ4n) is 5.11. The van der Waals surface area contributed by atoms with E-state index in [1.807, 2.05) is 11.6 Å². The van der Waals surface area contributed by atoms with Gasteiger partial charge < -0.3 is 4.57 Å². The van der Waals surface area contributed by atoms with Gasteiger partial charge in [0, 0.05) is 32.6 Å². The van der Waals surface area contributed by atoms with E-state index in [0.29, 0.717) is 35.5 Å². The lowest BCUT2D eigenvalue weighted by Gasteiger charge is -2.33. The average Bonchev–Trinajstić information content (AvgIpc) is 3.38. The summed E-state index contributed by atoms with van der Waals surface area (Å²) in [7, 11) is -1.14. The van der Waals surface area contributed by atoms with Crippen molar-refractivity contribution in [1.82, 2.24) is 24.1 Å². The predicted octanol–water partition coefficient (Wildman–Crippen LogP) is 1.82. The zero-order valence-corrected chi connectivity index (χ0v) is 20.1. The van der Waals surface area contributed by atoms with Crippen molar-refractivity contribution in [3.05, 3.63) is 46.0 Å². The van der Waals surface area contributed by atoms with Crippen LogP contribution in [0, 0.1) is 10.7 Å². The first-order valence-corrected chi connectivity index (χ1v) is 13.5. The first-order chi connectivity index (χ1) is 15.7. The van der Waals surface area contributed by atoms with E-state index in [9.17, 15) is 18.0 Å². The van der Waals surface area contributed by atoms with Crippen LogP contribution >= 0.6 is 12.2 Å². The fourth-order valence-corrected chi connectivity index (χ4v) is 7.05. The summed E-state index contributed by atoms with van der Waals surface area (Å²) in [5.41, 5.74) is 0.991. The highest BCUT2D eigenvalue weighted by Gasteiger charge is 2.37. The van der Waals surface area contributed by atoms with Gasteiger partial charge in [0.2, 0.25) is 0 Å². The van der Waals surface area contributed by atoms with Crippen LogP contribution in [0.1, 0.15) is 51.7 Å². The van der Waals surface area contributed by atoms with Crippen LogP contribution in [0.2, 0.25) is 0 Å². The van der Waals surface area contributed by atoms with Gasteiger partial charge in [0.15, 0.2) is 14.6 Å². The van der Waals surface area contributed by atoms with E-state index in [-0.39, 0.29) is 35.2 Å². The number of imide groups is 1. The van der Waals surface area contributed by atoms with Crippen molar-refractivity contribution in [3.8, 4) is 0 Å². The van der Waals surface area contributed by atoms with Gasteiger partial charge in [0.25, 0.3) is 11.8 Å². The molecule has 11 heteroatoms. The third kappa shape index (κ3) is 4.17. The molecule has 0 radical (unpaired) electrons. The maximum absolute atomic E-state index is 12.6. The molecule has 1 atom stereocenters. The van der Waals surface area contributed by atoms with Gasteiger partial charge in [-0.2, -0.15) is 5.10 Å². The highest BCUT2D eigenvalue weighted by Crippen LogP contribution is 2.29. The van der Waals surface area contributed by atoms with Gasteiger partial charge in [-0.1, -0.05) is 12.1 Å². The number of likely N-dealkylation sites (tertiary alicyclic amines) is 1. The highest BCUT2D eigenvalue weighted by atomic mass is 32.2. The zero-order valence-electron chi connectivity index (χ0n) is 18.5. The summed E-state index contributed by atoms with van der Waals surface area (Å²) in [4.78, 5) is 28.9. The fraction of sp³-hybridized carbons (Fsp3) is 0.545. The summed E-state index contributed by atoms with van der Waals surface area (Å²) >= 11 is 5.56. The number of nitrogens with zero attached hydrogens (tertiary/aromatic N) is 5. The van der Waals surface area contributed by atoms with Gasteiger partial charge in [-0.15, -0.1) is 0 Å². The molecule has 5 rings (SSSR count). The van der Waals surface area contributed by atoms with Gasteiger partial charge in [-0.3, -0.25) is 19.4 Å². The third-order valence-corrected chi connectivity index (χ3v) is 9.28. The van der Waals surface area contributed by atoms with Crippen molar-refractivity contribution in [3.63, 3.8) is 0 Å². The molecule has 0 bridgehead atoms. The predicted molar refractivity (Wildman–Crippen MR) is 124 cm³/mol. The Kier molecular flexibility index (Phi) is 5.74. The summed E-state index contributed by atoms with van der Waals surface area (Å²) in [6, 6.07) is 6.99. The van der Waals surface area contributed by atoms with Crippen LogP contribution in [0.15, 0.2) is 24.3 Å². The van der Waals surface area contributed by atoms with E-state index >= 15 is 0 Å². The smallest absolute Gasteiger partial charge is 0.261 e. The van der Waals surface area contributed by atoms with Crippen molar-refractivity contribution in [1.29, 1.82) is 0 Å². The summed E-state index contributed by atoms with van der Waals surface area (Å²) in [5.74, 6) is 0.848. The normalized spacial score (nSPS) is 23.4. The van der Waals surface area contributed by atoms with Crippen molar-refractivity contribution >= 4 is 33.9 Å². The van der Waals surface area contributed by atoms with E-state index in [0.717, 1.165) is 31.8 Å². The number of hydrogen-bond donors (Lipinski definition) is 0. The molecule has 0 N–H and O–H groups in total. The topological polar surface area (TPSA) is 97.5 Å². The van der Waals surface area contributed by atoms with Crippen LogP contribution in [-0.4, -0.2) is 75.5 Å². The number of hydrogen-bond acceptors (Lipinski definition) is 7. The van der Waals surface area contributed by atoms with Crippen LogP contribution in [-0.2, 0) is 23.6 Å². The second-order valence-corrected chi connectivity index (χ2v) is 11.9. The lowest BCUT2D eigenvalue weighted by atomic mass is 9.96. The minimum Gasteiger partial charge on any atom is -0.307 e. The first-order valence-electron chi connectivity index (χ1n) is 11.3. The van der Waals surface area contributed by atoms with Crippen LogP contribution in [0.4, 0.5) is 0 Å². The monoisotopic (exact) mass is 489 g/mol. The Labute approximate surface area is 197 Å². The Hall–Kier alpha value is -2.37. The number of fused-ring (bicyclic) bond motifs is 1. The summed E-state index contributed by atoms with van der Waals surface area (Å²) < 4.78 is 27.9. The standard InChI is InChI=1S/C22H27N5O4S2/c1-24-19(16-8-11-33(30,31)13-16)23-27(22(24)32)14-25-9-6-15(7-10-25)12-26-20(28)17-4-2-3-5-18(17)21(26)29/h2-5,15-16H,6-14H2,1H3/t16-/m0/s1. The lowest BCUT2D eigenvalue weighted by Crippen LogP contribution is -2.41. The van der Waals surface area contributed by atoms with Gasteiger partial charge in [0.1, 0.15) is 5.82 Å². The molecule has 3 aliphatic rings. The van der Waals surface area contributed by atoms with Crippen LogP contribution < -0.4 is 0 Å². The number of amides is 2. The molecule has 0 spiro atoms. The Morgan fingerprint density at radius 2 is 1.70 bits per heavy atom. The van der Waals surface area contributed by atoms with E-state index < -0.39 is 9.84 Å². The largest absolute Gasteiger partial charge is 0.307 e. The first kappa shape index (κ1) is 22.4. The second kappa shape index (κ2) is 8.44. The summed E-state index contributed by atoms with van der Waals surface area (Å²) in [6.07, 6.45) is 2.34. The van der Waals surface area contributed by atoms with Crippen molar-refractivity contribution < 1.29 is 18.0 Å². The number of benzene rings is 1. The van der Waals surface area contributed by atoms with E-state index in [2.05, 4.69) is 10.00 Å². The van der Waals surface area contributed by atoms with E-state index in [4.69, 9.17) is 12.2 Å². The maximum atomic E-state index is 12.6. The Morgan fingerprint density at radius 3 is 2.27 bits per heavy atom. The molecular formula is C22H27N5O4S2. The van der Waals surface area contributed by atoms with Gasteiger partial charge in [-0.05, 0) is 49.5 Å². The molecule has 0 aliphatic carbocycles. The van der Waals surface area contributed by atoms with E-state index in [1.54, 1.807) is 28.9 Å². The average molecular weight is 490 g/mol. The molecule has 33 heavy (non-hydrogen) atoms. The van der Waals surface area contributed by atoms with Crippen molar-refractivity contribution in [2.45, 2.75) is 31.8 Å².